The second-order valence-electron chi connectivity index (χ2n) is 3.22. The molecule has 0 saturated carbocycles. The molecule has 14 heavy (non-hydrogen) atoms. The van der Waals surface area contributed by atoms with Crippen LogP contribution in [0.4, 0.5) is 0 Å². The molecule has 0 aliphatic rings. The van der Waals surface area contributed by atoms with Gasteiger partial charge >= 0.3 is 0 Å². The zero-order chi connectivity index (χ0) is 10.8. The number of carbonyl (C=O) groups is 1. The summed E-state index contributed by atoms with van der Waals surface area (Å²) in [6.45, 7) is 3.35. The van der Waals surface area contributed by atoms with Crippen LogP contribution in [0, 0.1) is 0 Å². The van der Waals surface area contributed by atoms with Crippen LogP contribution in [0.1, 0.15) is 32.6 Å². The Morgan fingerprint density at radius 2 is 1.71 bits per heavy atom. The predicted octanol–water partition coefficient (Wildman–Crippen LogP) is 2.87. The van der Waals surface area contributed by atoms with Gasteiger partial charge in [0, 0.05) is 31.3 Å². The van der Waals surface area contributed by atoms with Crippen molar-refractivity contribution >= 4 is 29.1 Å². The summed E-state index contributed by atoms with van der Waals surface area (Å²) in [5.41, 5.74) is 0. The summed E-state index contributed by atoms with van der Waals surface area (Å²) in [4.78, 5) is 13.4. The molecule has 0 saturated heterocycles. The van der Waals surface area contributed by atoms with Crippen molar-refractivity contribution in [3.05, 3.63) is 0 Å². The van der Waals surface area contributed by atoms with Crippen molar-refractivity contribution in [2.75, 3.05) is 24.8 Å². The molecule has 0 aromatic rings. The van der Waals surface area contributed by atoms with Gasteiger partial charge in [0.1, 0.15) is 0 Å². The quantitative estimate of drug-likeness (QED) is 0.472. The molecule has 0 spiro atoms. The molecule has 0 rings (SSSR count). The van der Waals surface area contributed by atoms with Crippen molar-refractivity contribution in [3.63, 3.8) is 0 Å². The summed E-state index contributed by atoms with van der Waals surface area (Å²) in [5, 5.41) is 0. The molecule has 0 aromatic heterocycles. The maximum atomic E-state index is 11.6. The van der Waals surface area contributed by atoms with E-state index in [2.05, 4.69) is 6.92 Å². The molecule has 0 bridgehead atoms. The Hall–Kier alpha value is 0.0500. The second kappa shape index (κ2) is 9.60. The van der Waals surface area contributed by atoms with Crippen LogP contribution in [-0.2, 0) is 4.79 Å². The highest BCUT2D eigenvalue weighted by Crippen LogP contribution is 2.03. The first kappa shape index (κ1) is 14.1. The highest BCUT2D eigenvalue weighted by atomic mass is 35.5. The van der Waals surface area contributed by atoms with Gasteiger partial charge < -0.3 is 4.90 Å². The van der Waals surface area contributed by atoms with E-state index in [1.807, 2.05) is 0 Å². The Kier molecular flexibility index (Phi) is 9.63. The van der Waals surface area contributed by atoms with E-state index >= 15 is 0 Å². The number of hydrogen-bond donors (Lipinski definition) is 0. The third-order valence-corrected chi connectivity index (χ3v) is 2.39. The molecule has 1 amide bonds. The van der Waals surface area contributed by atoms with E-state index in [0.29, 0.717) is 31.3 Å². The molecule has 0 heterocycles. The number of carbonyl (C=O) groups excluding carboxylic acids is 1. The van der Waals surface area contributed by atoms with Gasteiger partial charge in [-0.05, 0) is 6.42 Å². The average molecular weight is 240 g/mol. The Bertz CT molecular complexity index is 147. The van der Waals surface area contributed by atoms with Crippen LogP contribution >= 0.6 is 23.2 Å². The molecule has 4 heteroatoms. The zero-order valence-electron chi connectivity index (χ0n) is 8.77. The maximum absolute atomic E-state index is 11.6. The fraction of sp³-hybridized carbons (Fsp3) is 0.900. The van der Waals surface area contributed by atoms with Crippen molar-refractivity contribution in [1.82, 2.24) is 4.90 Å². The first-order chi connectivity index (χ1) is 6.76. The minimum absolute atomic E-state index is 0.180. The van der Waals surface area contributed by atoms with Gasteiger partial charge in [-0.1, -0.05) is 19.8 Å². The molecular weight excluding hydrogens is 221 g/mol. The molecule has 0 aliphatic heterocycles. The third kappa shape index (κ3) is 6.50. The maximum Gasteiger partial charge on any atom is 0.222 e. The number of hydrogen-bond acceptors (Lipinski definition) is 1. The molecule has 0 unspecified atom stereocenters. The van der Waals surface area contributed by atoms with Crippen molar-refractivity contribution < 1.29 is 4.79 Å². The van der Waals surface area contributed by atoms with Gasteiger partial charge in [0.15, 0.2) is 0 Å². The monoisotopic (exact) mass is 239 g/mol. The number of nitrogens with zero attached hydrogens (tertiary/aromatic N) is 1. The van der Waals surface area contributed by atoms with E-state index in [0.717, 1.165) is 19.3 Å². The van der Waals surface area contributed by atoms with E-state index in [4.69, 9.17) is 23.2 Å². The second-order valence-corrected chi connectivity index (χ2v) is 3.97. The van der Waals surface area contributed by atoms with Crippen molar-refractivity contribution in [1.29, 1.82) is 0 Å². The molecule has 0 radical (unpaired) electrons. The third-order valence-electron chi connectivity index (χ3n) is 2.06. The molecule has 0 N–H and O–H groups in total. The lowest BCUT2D eigenvalue weighted by molar-refractivity contribution is -0.130. The minimum Gasteiger partial charge on any atom is -0.340 e. The van der Waals surface area contributed by atoms with Gasteiger partial charge in [0.25, 0.3) is 0 Å². The number of unbranched alkanes of at least 4 members (excludes halogenated alkanes) is 2. The first-order valence-electron chi connectivity index (χ1n) is 5.16. The number of rotatable bonds is 8. The highest BCUT2D eigenvalue weighted by Gasteiger charge is 2.10. The summed E-state index contributed by atoms with van der Waals surface area (Å²) in [5.74, 6) is 1.15. The average Bonchev–Trinajstić information content (AvgIpc) is 2.18. The van der Waals surface area contributed by atoms with E-state index in [-0.39, 0.29) is 5.91 Å². The summed E-state index contributed by atoms with van der Waals surface area (Å²) >= 11 is 11.2. The number of alkyl halides is 2. The van der Waals surface area contributed by atoms with Gasteiger partial charge in [0.2, 0.25) is 5.91 Å². The normalized spacial score (nSPS) is 10.2. The Morgan fingerprint density at radius 3 is 2.14 bits per heavy atom. The van der Waals surface area contributed by atoms with Crippen molar-refractivity contribution in [2.45, 2.75) is 32.6 Å². The largest absolute Gasteiger partial charge is 0.340 e. The van der Waals surface area contributed by atoms with Crippen LogP contribution in [0.15, 0.2) is 0 Å². The summed E-state index contributed by atoms with van der Waals surface area (Å²) < 4.78 is 0. The smallest absolute Gasteiger partial charge is 0.222 e. The first-order valence-corrected chi connectivity index (χ1v) is 6.22. The van der Waals surface area contributed by atoms with Gasteiger partial charge in [-0.25, -0.2) is 0 Å². The summed E-state index contributed by atoms with van der Waals surface area (Å²) in [7, 11) is 0. The van der Waals surface area contributed by atoms with Crippen LogP contribution in [-0.4, -0.2) is 35.7 Å². The van der Waals surface area contributed by atoms with Gasteiger partial charge in [0.05, 0.1) is 0 Å². The number of halogens is 2. The van der Waals surface area contributed by atoms with E-state index in [1.54, 1.807) is 4.90 Å². The molecule has 0 aliphatic carbocycles. The Balaban J connectivity index is 3.76. The lowest BCUT2D eigenvalue weighted by Crippen LogP contribution is -2.34. The van der Waals surface area contributed by atoms with Gasteiger partial charge in [-0.15, -0.1) is 23.2 Å². The van der Waals surface area contributed by atoms with Crippen molar-refractivity contribution in [2.24, 2.45) is 0 Å². The summed E-state index contributed by atoms with van der Waals surface area (Å²) in [6, 6.07) is 0. The Morgan fingerprint density at radius 1 is 1.14 bits per heavy atom. The number of amides is 1. The van der Waals surface area contributed by atoms with E-state index < -0.39 is 0 Å². The van der Waals surface area contributed by atoms with Gasteiger partial charge in [-0.2, -0.15) is 0 Å². The SMILES string of the molecule is CCCCCC(=O)N(CCCl)CCCl. The highest BCUT2D eigenvalue weighted by molar-refractivity contribution is 6.18. The molecule has 0 fully saturated rings. The predicted molar refractivity (Wildman–Crippen MR) is 62.2 cm³/mol. The van der Waals surface area contributed by atoms with Gasteiger partial charge in [-0.3, -0.25) is 4.79 Å². The molecule has 0 aromatic carbocycles. The lowest BCUT2D eigenvalue weighted by Gasteiger charge is -2.20. The van der Waals surface area contributed by atoms with Crippen LogP contribution in [0.5, 0.6) is 0 Å². The van der Waals surface area contributed by atoms with E-state index in [9.17, 15) is 4.79 Å². The van der Waals surface area contributed by atoms with Crippen LogP contribution < -0.4 is 0 Å². The zero-order valence-corrected chi connectivity index (χ0v) is 10.3. The standard InChI is InChI=1S/C10H19Cl2NO/c1-2-3-4-5-10(14)13(8-6-11)9-7-12/h2-9H2,1H3. The lowest BCUT2D eigenvalue weighted by atomic mass is 10.2. The molecular formula is C10H19Cl2NO. The van der Waals surface area contributed by atoms with Crippen LogP contribution in [0.25, 0.3) is 0 Å². The van der Waals surface area contributed by atoms with Crippen LogP contribution in [0.2, 0.25) is 0 Å². The summed E-state index contributed by atoms with van der Waals surface area (Å²) in [6.07, 6.45) is 3.84. The molecule has 0 atom stereocenters. The van der Waals surface area contributed by atoms with Crippen LogP contribution in [0.3, 0.4) is 0 Å². The molecule has 84 valence electrons. The Labute approximate surface area is 96.6 Å². The molecule has 2 nitrogen and oxygen atoms in total. The van der Waals surface area contributed by atoms with Crippen molar-refractivity contribution in [3.8, 4) is 0 Å². The fourth-order valence-corrected chi connectivity index (χ4v) is 1.66. The fourth-order valence-electron chi connectivity index (χ4n) is 1.25. The van der Waals surface area contributed by atoms with E-state index in [1.165, 1.54) is 0 Å². The minimum atomic E-state index is 0.180. The topological polar surface area (TPSA) is 20.3 Å².